The number of nitrogens with one attached hydrogen (secondary N) is 2. The highest BCUT2D eigenvalue weighted by atomic mass is 35.5. The van der Waals surface area contributed by atoms with E-state index in [9.17, 15) is 4.79 Å². The summed E-state index contributed by atoms with van der Waals surface area (Å²) in [5.74, 6) is 1.61. The van der Waals surface area contributed by atoms with E-state index in [2.05, 4.69) is 10.6 Å². The number of halogens is 1. The van der Waals surface area contributed by atoms with Gasteiger partial charge in [-0.1, -0.05) is 6.07 Å². The van der Waals surface area contributed by atoms with Crippen LogP contribution in [0.4, 0.5) is 0 Å². The lowest BCUT2D eigenvalue weighted by molar-refractivity contribution is -0.122. The molecule has 1 fully saturated rings. The van der Waals surface area contributed by atoms with Crippen molar-refractivity contribution >= 4 is 18.3 Å². The second kappa shape index (κ2) is 7.00. The van der Waals surface area contributed by atoms with Gasteiger partial charge in [0.2, 0.25) is 12.7 Å². The number of carbonyl (C=O) groups is 1. The Morgan fingerprint density at radius 1 is 1.43 bits per heavy atom. The number of rotatable bonds is 4. The molecule has 0 aliphatic carbocycles. The molecule has 2 aliphatic heterocycles. The molecule has 0 spiro atoms. The van der Waals surface area contributed by atoms with Crippen molar-refractivity contribution in [3.05, 3.63) is 23.8 Å². The van der Waals surface area contributed by atoms with Crippen molar-refractivity contribution in [1.82, 2.24) is 10.6 Å². The summed E-state index contributed by atoms with van der Waals surface area (Å²) >= 11 is 0. The zero-order chi connectivity index (χ0) is 13.9. The maximum Gasteiger partial charge on any atom is 0.231 e. The van der Waals surface area contributed by atoms with Crippen LogP contribution in [0.1, 0.15) is 37.8 Å². The quantitative estimate of drug-likeness (QED) is 0.894. The Morgan fingerprint density at radius 3 is 3.00 bits per heavy atom. The highest BCUT2D eigenvalue weighted by Crippen LogP contribution is 2.34. The van der Waals surface area contributed by atoms with E-state index in [0.717, 1.165) is 36.4 Å². The van der Waals surface area contributed by atoms with Crippen molar-refractivity contribution in [3.63, 3.8) is 0 Å². The molecule has 6 heteroatoms. The number of fused-ring (bicyclic) bond motifs is 1. The van der Waals surface area contributed by atoms with Gasteiger partial charge < -0.3 is 20.1 Å². The minimum absolute atomic E-state index is 0. The molecule has 2 heterocycles. The maximum atomic E-state index is 12.0. The molecule has 1 amide bonds. The van der Waals surface area contributed by atoms with E-state index in [1.165, 1.54) is 0 Å². The molecule has 116 valence electrons. The molecule has 2 N–H and O–H groups in total. The lowest BCUT2D eigenvalue weighted by Crippen LogP contribution is -2.33. The Bertz CT molecular complexity index is 504. The molecule has 21 heavy (non-hydrogen) atoms. The minimum Gasteiger partial charge on any atom is -0.454 e. The molecule has 2 unspecified atom stereocenters. The highest BCUT2D eigenvalue weighted by Gasteiger charge is 2.20. The first-order valence-electron chi connectivity index (χ1n) is 7.14. The van der Waals surface area contributed by atoms with Crippen LogP contribution in [-0.2, 0) is 4.79 Å². The number of hydrogen-bond acceptors (Lipinski definition) is 4. The van der Waals surface area contributed by atoms with Gasteiger partial charge >= 0.3 is 0 Å². The second-order valence-electron chi connectivity index (χ2n) is 5.40. The topological polar surface area (TPSA) is 59.6 Å². The maximum absolute atomic E-state index is 12.0. The van der Waals surface area contributed by atoms with Gasteiger partial charge in [-0.05, 0) is 44.0 Å². The molecule has 0 aromatic heterocycles. The van der Waals surface area contributed by atoms with Gasteiger partial charge in [0.05, 0.1) is 6.04 Å². The third-order valence-electron chi connectivity index (χ3n) is 3.87. The van der Waals surface area contributed by atoms with Crippen LogP contribution < -0.4 is 20.1 Å². The van der Waals surface area contributed by atoms with E-state index in [1.54, 1.807) is 0 Å². The molecule has 0 saturated carbocycles. The highest BCUT2D eigenvalue weighted by molar-refractivity contribution is 5.85. The van der Waals surface area contributed by atoms with Crippen LogP contribution in [-0.4, -0.2) is 25.3 Å². The first-order chi connectivity index (χ1) is 9.72. The normalized spacial score (nSPS) is 20.7. The first kappa shape index (κ1) is 15.9. The molecule has 1 saturated heterocycles. The third-order valence-corrected chi connectivity index (χ3v) is 3.87. The fourth-order valence-corrected chi connectivity index (χ4v) is 2.72. The lowest BCUT2D eigenvalue weighted by atomic mass is 10.1. The van der Waals surface area contributed by atoms with E-state index in [-0.39, 0.29) is 31.1 Å². The summed E-state index contributed by atoms with van der Waals surface area (Å²) in [5, 5.41) is 6.38. The fourth-order valence-electron chi connectivity index (χ4n) is 2.72. The van der Waals surface area contributed by atoms with Crippen molar-refractivity contribution in [2.45, 2.75) is 38.3 Å². The number of amides is 1. The summed E-state index contributed by atoms with van der Waals surface area (Å²) < 4.78 is 10.6. The van der Waals surface area contributed by atoms with Crippen LogP contribution in [0.2, 0.25) is 0 Å². The Morgan fingerprint density at radius 2 is 2.24 bits per heavy atom. The van der Waals surface area contributed by atoms with Crippen molar-refractivity contribution in [1.29, 1.82) is 0 Å². The smallest absolute Gasteiger partial charge is 0.231 e. The molecular formula is C15H21ClN2O3. The average molecular weight is 313 g/mol. The van der Waals surface area contributed by atoms with E-state index in [0.29, 0.717) is 12.5 Å². The van der Waals surface area contributed by atoms with E-state index in [1.807, 2.05) is 25.1 Å². The molecule has 1 aromatic rings. The van der Waals surface area contributed by atoms with E-state index >= 15 is 0 Å². The molecular weight excluding hydrogens is 292 g/mol. The molecule has 0 radical (unpaired) electrons. The van der Waals surface area contributed by atoms with E-state index in [4.69, 9.17) is 9.47 Å². The number of ether oxygens (including phenoxy) is 2. The zero-order valence-corrected chi connectivity index (χ0v) is 12.9. The third kappa shape index (κ3) is 3.80. The number of carbonyl (C=O) groups excluding carboxylic acids is 1. The van der Waals surface area contributed by atoms with Gasteiger partial charge in [0.1, 0.15) is 0 Å². The van der Waals surface area contributed by atoms with Crippen LogP contribution in [0.25, 0.3) is 0 Å². The fraction of sp³-hybridized carbons (Fsp3) is 0.533. The van der Waals surface area contributed by atoms with Gasteiger partial charge in [-0.25, -0.2) is 0 Å². The van der Waals surface area contributed by atoms with Crippen molar-refractivity contribution in [3.8, 4) is 11.5 Å². The molecule has 1 aromatic carbocycles. The SMILES string of the molecule is CC(NC(=O)CC1CCCN1)c1ccc2c(c1)OCO2.Cl. The van der Waals surface area contributed by atoms with Gasteiger partial charge in [-0.2, -0.15) is 0 Å². The summed E-state index contributed by atoms with van der Waals surface area (Å²) in [6.07, 6.45) is 2.80. The lowest BCUT2D eigenvalue weighted by Gasteiger charge is -2.16. The standard InChI is InChI=1S/C15H20N2O3.ClH/c1-10(17-15(18)8-12-3-2-6-16-12)11-4-5-13-14(7-11)20-9-19-13;/h4-5,7,10,12,16H,2-3,6,8-9H2,1H3,(H,17,18);1H. The number of benzene rings is 1. The summed E-state index contributed by atoms with van der Waals surface area (Å²) in [5.41, 5.74) is 1.03. The van der Waals surface area contributed by atoms with E-state index < -0.39 is 0 Å². The Labute approximate surface area is 130 Å². The van der Waals surface area contributed by atoms with Gasteiger partial charge in [-0.15, -0.1) is 12.4 Å². The van der Waals surface area contributed by atoms with Crippen molar-refractivity contribution in [2.24, 2.45) is 0 Å². The average Bonchev–Trinajstić information content (AvgIpc) is 3.07. The monoisotopic (exact) mass is 312 g/mol. The van der Waals surface area contributed by atoms with Crippen LogP contribution in [0, 0.1) is 0 Å². The van der Waals surface area contributed by atoms with Gasteiger partial charge in [0, 0.05) is 12.5 Å². The Kier molecular flexibility index (Phi) is 5.31. The summed E-state index contributed by atoms with van der Waals surface area (Å²) in [6, 6.07) is 6.09. The summed E-state index contributed by atoms with van der Waals surface area (Å²) in [6.45, 7) is 3.28. The van der Waals surface area contributed by atoms with Gasteiger partial charge in [0.15, 0.2) is 11.5 Å². The molecule has 2 atom stereocenters. The first-order valence-corrected chi connectivity index (χ1v) is 7.14. The molecule has 3 rings (SSSR count). The van der Waals surface area contributed by atoms with Gasteiger partial charge in [0.25, 0.3) is 0 Å². The van der Waals surface area contributed by atoms with Crippen molar-refractivity contribution in [2.75, 3.05) is 13.3 Å². The van der Waals surface area contributed by atoms with Crippen molar-refractivity contribution < 1.29 is 14.3 Å². The Balaban J connectivity index is 0.00000161. The molecule has 0 bridgehead atoms. The zero-order valence-electron chi connectivity index (χ0n) is 12.1. The molecule has 5 nitrogen and oxygen atoms in total. The van der Waals surface area contributed by atoms with Gasteiger partial charge in [-0.3, -0.25) is 4.79 Å². The van der Waals surface area contributed by atoms with Crippen LogP contribution in [0.5, 0.6) is 11.5 Å². The predicted molar refractivity (Wildman–Crippen MR) is 82.0 cm³/mol. The summed E-state index contributed by atoms with van der Waals surface area (Å²) in [4.78, 5) is 12.0. The van der Waals surface area contributed by atoms with Crippen LogP contribution in [0.15, 0.2) is 18.2 Å². The summed E-state index contributed by atoms with van der Waals surface area (Å²) in [7, 11) is 0. The largest absolute Gasteiger partial charge is 0.454 e. The number of hydrogen-bond donors (Lipinski definition) is 2. The Hall–Kier alpha value is -1.46. The second-order valence-corrected chi connectivity index (χ2v) is 5.40. The minimum atomic E-state index is -0.0293. The van der Waals surface area contributed by atoms with Crippen LogP contribution in [0.3, 0.4) is 0 Å². The molecule has 2 aliphatic rings. The predicted octanol–water partition coefficient (Wildman–Crippen LogP) is 2.16. The van der Waals surface area contributed by atoms with Crippen LogP contribution >= 0.6 is 12.4 Å².